The van der Waals surface area contributed by atoms with Gasteiger partial charge in [-0.15, -0.1) is 0 Å². The quantitative estimate of drug-likeness (QED) is 0.0319. The first-order valence-electron chi connectivity index (χ1n) is 29.7. The van der Waals surface area contributed by atoms with Crippen molar-refractivity contribution in [2.24, 2.45) is 15.3 Å². The topological polar surface area (TPSA) is 262 Å². The zero-order valence-corrected chi connectivity index (χ0v) is 49.2. The number of aliphatic hydroxyl groups is 3. The van der Waals surface area contributed by atoms with Crippen LogP contribution in [0.4, 0.5) is 0 Å². The van der Waals surface area contributed by atoms with Gasteiger partial charge in [0.2, 0.25) is 0 Å². The van der Waals surface area contributed by atoms with Crippen LogP contribution < -0.4 is 0 Å². The molecule has 3 N–H and O–H groups in total. The number of rotatable bonds is 18. The second kappa shape index (κ2) is 36.1. The van der Waals surface area contributed by atoms with Crippen LogP contribution in [0.15, 0.2) is 288 Å². The number of ether oxygens (including phenoxy) is 6. The van der Waals surface area contributed by atoms with Crippen LogP contribution in [-0.4, -0.2) is 110 Å². The summed E-state index contributed by atoms with van der Waals surface area (Å²) in [6.07, 6.45) is -5.00. The van der Waals surface area contributed by atoms with E-state index in [1.807, 2.05) is 273 Å². The Morgan fingerprint density at radius 2 is 0.426 bits per heavy atom. The fourth-order valence-electron chi connectivity index (χ4n) is 11.9. The van der Waals surface area contributed by atoms with Crippen molar-refractivity contribution in [3.8, 4) is 0 Å². The highest BCUT2D eigenvalue weighted by atomic mass is 16.6. The SMILES string of the molecule is C.C.C.C.[N-]=[N+]=N[C@@H]1COC[C@H](OC(c2ccccc2)(c2ccccc2)c2ccccc2)[C@H]1O.[N-]=[N+]=N[C@H]1COC[C@@H](OC(c2ccccc2)(c2ccccc2)c2ccccc2)[C@@H]1O.[N-]=[N+]=N[C@H]1COC[C@@H](OC(c2ccccc2)(c2ccccc2)c2ccccc2)[C@@H]1O. The van der Waals surface area contributed by atoms with Crippen LogP contribution in [0.3, 0.4) is 0 Å². The van der Waals surface area contributed by atoms with Gasteiger partial charge in [-0.2, -0.15) is 0 Å². The summed E-state index contributed by atoms with van der Waals surface area (Å²) in [6.45, 7) is 1.10. The van der Waals surface area contributed by atoms with Gasteiger partial charge in [0.1, 0.15) is 35.1 Å². The van der Waals surface area contributed by atoms with E-state index in [0.717, 1.165) is 50.1 Å². The van der Waals surface area contributed by atoms with E-state index in [1.54, 1.807) is 0 Å². The first kappa shape index (κ1) is 73.6. The Hall–Kier alpha value is -9.45. The van der Waals surface area contributed by atoms with Gasteiger partial charge in [0, 0.05) is 14.7 Å². The van der Waals surface area contributed by atoms with E-state index in [2.05, 4.69) is 30.1 Å². The molecule has 3 fully saturated rings. The monoisotopic (exact) mass is 1270 g/mol. The van der Waals surface area contributed by atoms with Crippen LogP contribution in [0.1, 0.15) is 79.8 Å². The third-order valence-electron chi connectivity index (χ3n) is 16.2. The number of benzene rings is 9. The largest absolute Gasteiger partial charge is 0.390 e. The van der Waals surface area contributed by atoms with Crippen LogP contribution in [0, 0.1) is 0 Å². The lowest BCUT2D eigenvalue weighted by Crippen LogP contribution is -2.51. The lowest BCUT2D eigenvalue weighted by atomic mass is 9.79. The van der Waals surface area contributed by atoms with Crippen molar-refractivity contribution >= 4 is 0 Å². The molecule has 488 valence electrons. The van der Waals surface area contributed by atoms with E-state index in [9.17, 15) is 15.3 Å². The highest BCUT2D eigenvalue weighted by molar-refractivity contribution is 5.50. The number of nitrogens with zero attached hydrogens (tertiary/aromatic N) is 9. The molecule has 0 bridgehead atoms. The van der Waals surface area contributed by atoms with Gasteiger partial charge in [0.25, 0.3) is 0 Å². The second-order valence-electron chi connectivity index (χ2n) is 21.7. The lowest BCUT2D eigenvalue weighted by Gasteiger charge is -2.42. The van der Waals surface area contributed by atoms with Crippen LogP contribution in [-0.2, 0) is 45.2 Å². The van der Waals surface area contributed by atoms with Gasteiger partial charge in [-0.05, 0) is 66.7 Å². The lowest BCUT2D eigenvalue weighted by molar-refractivity contribution is -0.164. The number of aliphatic hydroxyl groups excluding tert-OH is 3. The summed E-state index contributed by atoms with van der Waals surface area (Å²) in [5, 5.41) is 43.7. The molecular formula is C76H85N9O9. The summed E-state index contributed by atoms with van der Waals surface area (Å²) in [7, 11) is 0. The molecule has 9 aromatic carbocycles. The first-order valence-corrected chi connectivity index (χ1v) is 29.7. The standard InChI is InChI=1S/3C24H23N3O3.4CH4/c3*25-27-26-21-16-29-17-22(23(21)28)30-24(18-10-4-1-5-11-18,19-12-6-2-7-13-19)20-14-8-3-9-15-20;;;;/h3*1-15,21-23,28H,16-17H2;4*1H4/t3*21-,22+,23+;;;;/m100..../s1. The van der Waals surface area contributed by atoms with Crippen molar-refractivity contribution in [2.45, 2.75) is 101 Å². The van der Waals surface area contributed by atoms with Crippen molar-refractivity contribution in [1.82, 2.24) is 0 Å². The highest BCUT2D eigenvalue weighted by Gasteiger charge is 2.47. The molecule has 9 aromatic rings. The molecule has 0 saturated carbocycles. The van der Waals surface area contributed by atoms with Gasteiger partial charge in [-0.1, -0.05) is 318 Å². The summed E-state index contributed by atoms with van der Waals surface area (Å²) in [5.74, 6) is 0. The molecule has 0 unspecified atom stereocenters. The minimum atomic E-state index is -0.981. The van der Waals surface area contributed by atoms with Gasteiger partial charge in [-0.25, -0.2) is 0 Å². The van der Waals surface area contributed by atoms with E-state index in [4.69, 9.17) is 45.0 Å². The minimum absolute atomic E-state index is 0. The molecule has 94 heavy (non-hydrogen) atoms. The molecule has 3 heterocycles. The zero-order chi connectivity index (χ0) is 62.4. The van der Waals surface area contributed by atoms with Gasteiger partial charge >= 0.3 is 0 Å². The normalized spacial score (nSPS) is 20.6. The molecule has 18 nitrogen and oxygen atoms in total. The Kier molecular flexibility index (Phi) is 28.3. The van der Waals surface area contributed by atoms with E-state index < -0.39 is 71.6 Å². The summed E-state index contributed by atoms with van der Waals surface area (Å²) in [6, 6.07) is 87.2. The van der Waals surface area contributed by atoms with Gasteiger partial charge in [0.05, 0.1) is 76.1 Å². The molecule has 3 aliphatic heterocycles. The molecule has 0 aliphatic carbocycles. The third-order valence-corrected chi connectivity index (χ3v) is 16.2. The Morgan fingerprint density at radius 3 is 0.564 bits per heavy atom. The maximum absolute atomic E-state index is 10.9. The highest BCUT2D eigenvalue weighted by Crippen LogP contribution is 2.46. The van der Waals surface area contributed by atoms with E-state index in [1.165, 1.54) is 0 Å². The van der Waals surface area contributed by atoms with Crippen molar-refractivity contribution < 1.29 is 43.7 Å². The number of hydrogen-bond donors (Lipinski definition) is 3. The molecule has 12 rings (SSSR count). The molecule has 9 atom stereocenters. The smallest absolute Gasteiger partial charge is 0.144 e. The van der Waals surface area contributed by atoms with Crippen molar-refractivity contribution in [3.05, 3.63) is 354 Å². The van der Waals surface area contributed by atoms with Crippen molar-refractivity contribution in [3.63, 3.8) is 0 Å². The van der Waals surface area contributed by atoms with Crippen LogP contribution in [0.5, 0.6) is 0 Å². The maximum Gasteiger partial charge on any atom is 0.144 e. The van der Waals surface area contributed by atoms with Crippen LogP contribution in [0.25, 0.3) is 31.3 Å². The molecule has 18 heteroatoms. The Labute approximate surface area is 551 Å². The van der Waals surface area contributed by atoms with Crippen LogP contribution in [0.2, 0.25) is 0 Å². The van der Waals surface area contributed by atoms with E-state index in [0.29, 0.717) is 0 Å². The van der Waals surface area contributed by atoms with E-state index >= 15 is 0 Å². The second-order valence-corrected chi connectivity index (χ2v) is 21.7. The fraction of sp³-hybridized carbons (Fsp3) is 0.289. The average molecular weight is 1270 g/mol. The van der Waals surface area contributed by atoms with Gasteiger partial charge < -0.3 is 43.7 Å². The molecule has 0 aromatic heterocycles. The van der Waals surface area contributed by atoms with Gasteiger partial charge in [-0.3, -0.25) is 0 Å². The summed E-state index contributed by atoms with van der Waals surface area (Å²) in [5.41, 5.74) is 32.0. The number of hydrogen-bond acceptors (Lipinski definition) is 12. The maximum atomic E-state index is 10.9. The molecular weight excluding hydrogens is 1180 g/mol. The summed E-state index contributed by atoms with van der Waals surface area (Å²) >= 11 is 0. The zero-order valence-electron chi connectivity index (χ0n) is 49.2. The third kappa shape index (κ3) is 16.5. The fourth-order valence-corrected chi connectivity index (χ4v) is 11.9. The Balaban J connectivity index is 0.000000219. The Bertz CT molecular complexity index is 3080. The Morgan fingerprint density at radius 1 is 0.277 bits per heavy atom. The van der Waals surface area contributed by atoms with Crippen molar-refractivity contribution in [1.29, 1.82) is 0 Å². The molecule has 3 aliphatic rings. The summed E-state index contributed by atoms with van der Waals surface area (Å²) < 4.78 is 37.2. The molecule has 0 spiro atoms. The molecule has 0 amide bonds. The van der Waals surface area contributed by atoms with Crippen molar-refractivity contribution in [2.75, 3.05) is 39.6 Å². The minimum Gasteiger partial charge on any atom is -0.390 e. The van der Waals surface area contributed by atoms with Crippen LogP contribution >= 0.6 is 0 Å². The van der Waals surface area contributed by atoms with E-state index in [-0.39, 0.29) is 69.3 Å². The summed E-state index contributed by atoms with van der Waals surface area (Å²) in [4.78, 5) is 8.53. The number of azide groups is 3. The average Bonchev–Trinajstić information content (AvgIpc) is 0.770. The predicted molar refractivity (Wildman–Crippen MR) is 368 cm³/mol. The first-order chi connectivity index (χ1) is 44.3. The predicted octanol–water partition coefficient (Wildman–Crippen LogP) is 15.8. The van der Waals surface area contributed by atoms with Gasteiger partial charge in [0.15, 0.2) is 0 Å². The molecule has 0 radical (unpaired) electrons. The molecule has 3 saturated heterocycles.